The molecule has 0 aliphatic heterocycles. The van der Waals surface area contributed by atoms with Gasteiger partial charge in [-0.3, -0.25) is 9.59 Å². The van der Waals surface area contributed by atoms with Crippen molar-refractivity contribution in [2.24, 2.45) is 0 Å². The summed E-state index contributed by atoms with van der Waals surface area (Å²) < 4.78 is 5.26. The van der Waals surface area contributed by atoms with Crippen LogP contribution < -0.4 is 0 Å². The van der Waals surface area contributed by atoms with Gasteiger partial charge < -0.3 is 4.74 Å². The summed E-state index contributed by atoms with van der Waals surface area (Å²) in [6.45, 7) is 1.22. The van der Waals surface area contributed by atoms with Gasteiger partial charge in [0.15, 0.2) is 0 Å². The quantitative estimate of drug-likeness (QED) is 0.445. The van der Waals surface area contributed by atoms with E-state index in [9.17, 15) is 9.59 Å². The second kappa shape index (κ2) is 10.4. The summed E-state index contributed by atoms with van der Waals surface area (Å²) in [5.74, 6) is 0. The third-order valence-electron chi connectivity index (χ3n) is 1.82. The van der Waals surface area contributed by atoms with Crippen molar-refractivity contribution in [1.29, 1.82) is 0 Å². The minimum absolute atomic E-state index is 0.281. The average molecular weight is 255 g/mol. The Morgan fingerprint density at radius 3 is 1.93 bits per heavy atom. The van der Waals surface area contributed by atoms with E-state index < -0.39 is 0 Å². The smallest absolute Gasteiger partial charge is 0.221 e. The van der Waals surface area contributed by atoms with Crippen molar-refractivity contribution in [3.8, 4) is 0 Å². The molecular formula is C10H16Cl2O3. The molecule has 0 aliphatic rings. The molecule has 0 aromatic heterocycles. The van der Waals surface area contributed by atoms with Gasteiger partial charge in [0.1, 0.15) is 0 Å². The first kappa shape index (κ1) is 14.9. The van der Waals surface area contributed by atoms with Gasteiger partial charge in [-0.1, -0.05) is 6.42 Å². The van der Waals surface area contributed by atoms with Gasteiger partial charge >= 0.3 is 0 Å². The molecule has 0 radical (unpaired) electrons. The third-order valence-corrected chi connectivity index (χ3v) is 2.20. The minimum atomic E-state index is -0.320. The Morgan fingerprint density at radius 2 is 1.33 bits per heavy atom. The standard InChI is InChI=1S/C10H16Cl2O3/c11-9(13)5-2-1-3-7-15-8-4-6-10(12)14/h1-8H2. The maximum absolute atomic E-state index is 10.4. The molecule has 15 heavy (non-hydrogen) atoms. The number of carbonyl (C=O) groups excluding carboxylic acids is 2. The van der Waals surface area contributed by atoms with E-state index in [0.29, 0.717) is 32.5 Å². The number of halogens is 2. The Kier molecular flexibility index (Phi) is 10.3. The van der Waals surface area contributed by atoms with Crippen molar-refractivity contribution in [2.75, 3.05) is 13.2 Å². The van der Waals surface area contributed by atoms with E-state index >= 15 is 0 Å². The molecule has 0 spiro atoms. The second-order valence-corrected chi connectivity index (χ2v) is 4.08. The highest BCUT2D eigenvalue weighted by atomic mass is 35.5. The minimum Gasteiger partial charge on any atom is -0.381 e. The zero-order chi connectivity index (χ0) is 11.5. The fourth-order valence-corrected chi connectivity index (χ4v) is 1.33. The van der Waals surface area contributed by atoms with E-state index in [-0.39, 0.29) is 10.5 Å². The molecule has 0 N–H and O–H groups in total. The van der Waals surface area contributed by atoms with Crippen LogP contribution in [0.5, 0.6) is 0 Å². The van der Waals surface area contributed by atoms with Gasteiger partial charge in [-0.25, -0.2) is 0 Å². The lowest BCUT2D eigenvalue weighted by atomic mass is 10.2. The molecule has 3 nitrogen and oxygen atoms in total. The predicted molar refractivity (Wildman–Crippen MR) is 60.2 cm³/mol. The van der Waals surface area contributed by atoms with Crippen molar-refractivity contribution in [3.05, 3.63) is 0 Å². The Hall–Kier alpha value is -0.120. The summed E-state index contributed by atoms with van der Waals surface area (Å²) >= 11 is 10.3. The van der Waals surface area contributed by atoms with Crippen LogP contribution >= 0.6 is 23.2 Å². The Morgan fingerprint density at radius 1 is 0.800 bits per heavy atom. The first-order valence-corrected chi connectivity index (χ1v) is 5.83. The van der Waals surface area contributed by atoms with Crippen LogP contribution in [0.4, 0.5) is 0 Å². The summed E-state index contributed by atoms with van der Waals surface area (Å²) in [6, 6.07) is 0. The number of ether oxygens (including phenoxy) is 1. The van der Waals surface area contributed by atoms with Crippen molar-refractivity contribution in [3.63, 3.8) is 0 Å². The highest BCUT2D eigenvalue weighted by Gasteiger charge is 1.97. The van der Waals surface area contributed by atoms with E-state index in [0.717, 1.165) is 19.3 Å². The predicted octanol–water partition coefficient (Wildman–Crippen LogP) is 2.87. The number of rotatable bonds is 10. The van der Waals surface area contributed by atoms with Crippen LogP contribution in [0, 0.1) is 0 Å². The molecule has 0 saturated carbocycles. The van der Waals surface area contributed by atoms with E-state index in [1.54, 1.807) is 0 Å². The summed E-state index contributed by atoms with van der Waals surface area (Å²) in [7, 11) is 0. The second-order valence-electron chi connectivity index (χ2n) is 3.24. The van der Waals surface area contributed by atoms with Crippen LogP contribution in [0.3, 0.4) is 0 Å². The molecule has 0 unspecified atom stereocenters. The maximum atomic E-state index is 10.4. The van der Waals surface area contributed by atoms with Crippen molar-refractivity contribution < 1.29 is 14.3 Å². The molecule has 0 amide bonds. The number of hydrogen-bond donors (Lipinski definition) is 0. The molecule has 5 heteroatoms. The first-order valence-electron chi connectivity index (χ1n) is 5.07. The topological polar surface area (TPSA) is 43.4 Å². The van der Waals surface area contributed by atoms with Crippen LogP contribution in [0.25, 0.3) is 0 Å². The first-order chi connectivity index (χ1) is 7.13. The van der Waals surface area contributed by atoms with Gasteiger partial charge in [0, 0.05) is 26.1 Å². The maximum Gasteiger partial charge on any atom is 0.221 e. The Labute approximate surface area is 100 Å². The lowest BCUT2D eigenvalue weighted by molar-refractivity contribution is -0.112. The molecule has 0 atom stereocenters. The lowest BCUT2D eigenvalue weighted by Gasteiger charge is -2.02. The SMILES string of the molecule is O=C(Cl)CCCCCOCCCC(=O)Cl. The molecule has 0 aliphatic carbocycles. The molecule has 0 aromatic carbocycles. The van der Waals surface area contributed by atoms with Gasteiger partial charge in [-0.05, 0) is 42.5 Å². The summed E-state index contributed by atoms with van der Waals surface area (Å²) in [4.78, 5) is 20.7. The average Bonchev–Trinajstić information content (AvgIpc) is 2.14. The lowest BCUT2D eigenvalue weighted by Crippen LogP contribution is -1.99. The van der Waals surface area contributed by atoms with Crippen molar-refractivity contribution in [2.45, 2.75) is 38.5 Å². The van der Waals surface area contributed by atoms with Gasteiger partial charge in [0.2, 0.25) is 10.5 Å². The molecule has 0 saturated heterocycles. The van der Waals surface area contributed by atoms with E-state index in [4.69, 9.17) is 27.9 Å². The van der Waals surface area contributed by atoms with E-state index in [2.05, 4.69) is 0 Å². The molecule has 0 aromatic rings. The van der Waals surface area contributed by atoms with Crippen molar-refractivity contribution in [1.82, 2.24) is 0 Å². The third kappa shape index (κ3) is 13.9. The van der Waals surface area contributed by atoms with Gasteiger partial charge in [0.05, 0.1) is 0 Å². The van der Waals surface area contributed by atoms with E-state index in [1.165, 1.54) is 0 Å². The fraction of sp³-hybridized carbons (Fsp3) is 0.800. The van der Waals surface area contributed by atoms with E-state index in [1.807, 2.05) is 0 Å². The number of hydrogen-bond acceptors (Lipinski definition) is 3. The Balaban J connectivity index is 2.99. The Bertz CT molecular complexity index is 175. The molecule has 0 rings (SSSR count). The van der Waals surface area contributed by atoms with Crippen LogP contribution in [-0.2, 0) is 14.3 Å². The van der Waals surface area contributed by atoms with Gasteiger partial charge in [0.25, 0.3) is 0 Å². The number of carbonyl (C=O) groups is 2. The van der Waals surface area contributed by atoms with Crippen LogP contribution in [0.2, 0.25) is 0 Å². The highest BCUT2D eigenvalue weighted by molar-refractivity contribution is 6.63. The zero-order valence-electron chi connectivity index (χ0n) is 8.64. The molecule has 0 bridgehead atoms. The molecule has 88 valence electrons. The normalized spacial score (nSPS) is 10.3. The fourth-order valence-electron chi connectivity index (χ4n) is 1.06. The molecular weight excluding hydrogens is 239 g/mol. The monoisotopic (exact) mass is 254 g/mol. The van der Waals surface area contributed by atoms with Crippen LogP contribution in [0.1, 0.15) is 38.5 Å². The van der Waals surface area contributed by atoms with Crippen LogP contribution in [0.15, 0.2) is 0 Å². The van der Waals surface area contributed by atoms with Crippen molar-refractivity contribution >= 4 is 33.7 Å². The molecule has 0 heterocycles. The zero-order valence-corrected chi connectivity index (χ0v) is 10.1. The summed E-state index contributed by atoms with van der Waals surface area (Å²) in [5, 5.41) is -0.601. The molecule has 0 fully saturated rings. The summed E-state index contributed by atoms with van der Waals surface area (Å²) in [5.41, 5.74) is 0. The van der Waals surface area contributed by atoms with Gasteiger partial charge in [-0.2, -0.15) is 0 Å². The number of unbranched alkanes of at least 4 members (excludes halogenated alkanes) is 2. The largest absolute Gasteiger partial charge is 0.381 e. The van der Waals surface area contributed by atoms with Gasteiger partial charge in [-0.15, -0.1) is 0 Å². The summed E-state index contributed by atoms with van der Waals surface area (Å²) in [6.07, 6.45) is 4.13. The van der Waals surface area contributed by atoms with Crippen LogP contribution in [-0.4, -0.2) is 23.7 Å². The highest BCUT2D eigenvalue weighted by Crippen LogP contribution is 2.03.